The van der Waals surface area contributed by atoms with Gasteiger partial charge in [0.15, 0.2) is 0 Å². The summed E-state index contributed by atoms with van der Waals surface area (Å²) in [5, 5.41) is 1.92. The molecule has 78 valence electrons. The Morgan fingerprint density at radius 3 is 2.56 bits per heavy atom. The highest BCUT2D eigenvalue weighted by Crippen LogP contribution is 2.27. The summed E-state index contributed by atoms with van der Waals surface area (Å²) >= 11 is 0. The van der Waals surface area contributed by atoms with Crippen molar-refractivity contribution in [1.29, 1.82) is 0 Å². The maximum atomic E-state index is 11.9. The van der Waals surface area contributed by atoms with E-state index in [0.717, 1.165) is 16.3 Å². The van der Waals surface area contributed by atoms with Crippen LogP contribution in [-0.2, 0) is 11.2 Å². The number of carbonyl (C=O) groups is 2. The zero-order chi connectivity index (χ0) is 11.1. The van der Waals surface area contributed by atoms with Crippen molar-refractivity contribution in [2.24, 2.45) is 0 Å². The number of Topliss-reactive ketones (excluding diaryl/α,β-unsaturated/α-hetero) is 2. The van der Waals surface area contributed by atoms with Crippen molar-refractivity contribution in [3.05, 3.63) is 47.5 Å². The van der Waals surface area contributed by atoms with Crippen molar-refractivity contribution in [2.45, 2.75) is 12.8 Å². The average Bonchev–Trinajstić information content (AvgIpc) is 2.33. The van der Waals surface area contributed by atoms with E-state index in [4.69, 9.17) is 0 Å². The van der Waals surface area contributed by atoms with Gasteiger partial charge in [0.2, 0.25) is 11.6 Å². The van der Waals surface area contributed by atoms with Gasteiger partial charge in [0.1, 0.15) is 0 Å². The number of hydrogen-bond donors (Lipinski definition) is 0. The van der Waals surface area contributed by atoms with Gasteiger partial charge in [0.25, 0.3) is 0 Å². The molecular formula is C14H10O2. The van der Waals surface area contributed by atoms with Crippen LogP contribution in [0.2, 0.25) is 0 Å². The maximum Gasteiger partial charge on any atom is 0.229 e. The smallest absolute Gasteiger partial charge is 0.229 e. The van der Waals surface area contributed by atoms with Crippen LogP contribution in [0.4, 0.5) is 0 Å². The summed E-state index contributed by atoms with van der Waals surface area (Å²) < 4.78 is 0. The molecule has 0 N–H and O–H groups in total. The predicted molar refractivity (Wildman–Crippen MR) is 61.6 cm³/mol. The minimum Gasteiger partial charge on any atom is -0.290 e. The summed E-state index contributed by atoms with van der Waals surface area (Å²) in [7, 11) is 0. The second-order valence-corrected chi connectivity index (χ2v) is 4.07. The molecule has 0 bridgehead atoms. The van der Waals surface area contributed by atoms with Gasteiger partial charge in [-0.25, -0.2) is 0 Å². The van der Waals surface area contributed by atoms with Crippen LogP contribution in [0.25, 0.3) is 10.8 Å². The lowest BCUT2D eigenvalue weighted by molar-refractivity contribution is -0.115. The lowest BCUT2D eigenvalue weighted by Gasteiger charge is -2.15. The highest BCUT2D eigenvalue weighted by molar-refractivity contribution is 6.47. The van der Waals surface area contributed by atoms with Crippen LogP contribution < -0.4 is 0 Å². The molecule has 16 heavy (non-hydrogen) atoms. The second-order valence-electron chi connectivity index (χ2n) is 4.07. The Labute approximate surface area is 92.9 Å². The molecule has 1 aliphatic rings. The number of rotatable bonds is 0. The number of carbonyl (C=O) groups excluding carboxylic acids is 2. The number of fused-ring (bicyclic) bond motifs is 3. The van der Waals surface area contributed by atoms with Gasteiger partial charge >= 0.3 is 0 Å². The van der Waals surface area contributed by atoms with Gasteiger partial charge in [-0.3, -0.25) is 9.59 Å². The van der Waals surface area contributed by atoms with Crippen LogP contribution in [0.3, 0.4) is 0 Å². The van der Waals surface area contributed by atoms with Crippen LogP contribution in [0.15, 0.2) is 36.4 Å². The van der Waals surface area contributed by atoms with Gasteiger partial charge in [-0.2, -0.15) is 0 Å². The molecule has 3 rings (SSSR count). The number of benzene rings is 2. The van der Waals surface area contributed by atoms with Crippen LogP contribution >= 0.6 is 0 Å². The topological polar surface area (TPSA) is 34.1 Å². The fourth-order valence-electron chi connectivity index (χ4n) is 2.29. The first-order chi connectivity index (χ1) is 7.77. The van der Waals surface area contributed by atoms with E-state index in [1.54, 1.807) is 0 Å². The Hall–Kier alpha value is -1.96. The number of ketones is 2. The fraction of sp³-hybridized carbons (Fsp3) is 0.143. The molecular weight excluding hydrogens is 200 g/mol. The average molecular weight is 210 g/mol. The Morgan fingerprint density at radius 2 is 1.69 bits per heavy atom. The fourth-order valence-corrected chi connectivity index (χ4v) is 2.29. The molecule has 0 unspecified atom stereocenters. The van der Waals surface area contributed by atoms with E-state index >= 15 is 0 Å². The van der Waals surface area contributed by atoms with Crippen LogP contribution in [0, 0.1) is 0 Å². The highest BCUT2D eigenvalue weighted by Gasteiger charge is 2.26. The van der Waals surface area contributed by atoms with Gasteiger partial charge < -0.3 is 0 Å². The summed E-state index contributed by atoms with van der Waals surface area (Å²) in [5.41, 5.74) is 1.62. The first-order valence-electron chi connectivity index (χ1n) is 5.35. The number of aryl methyl sites for hydroxylation is 1. The molecule has 0 radical (unpaired) electrons. The summed E-state index contributed by atoms with van der Waals surface area (Å²) in [5.74, 6) is -0.582. The Morgan fingerprint density at radius 1 is 0.875 bits per heavy atom. The monoisotopic (exact) mass is 210 g/mol. The van der Waals surface area contributed by atoms with Crippen LogP contribution in [0.1, 0.15) is 22.3 Å². The zero-order valence-electron chi connectivity index (χ0n) is 8.69. The number of hydrogen-bond acceptors (Lipinski definition) is 2. The molecule has 0 aromatic heterocycles. The normalized spacial score (nSPS) is 15.2. The Balaban J connectivity index is 2.40. The molecule has 2 aromatic rings. The second kappa shape index (κ2) is 3.27. The standard InChI is InChI=1S/C14H10O2/c15-12-8-7-10-6-5-9-3-1-2-4-11(9)13(10)14(12)16/h1-6H,7-8H2. The quantitative estimate of drug-likeness (QED) is 0.626. The van der Waals surface area contributed by atoms with E-state index in [0.29, 0.717) is 18.4 Å². The van der Waals surface area contributed by atoms with Gasteiger partial charge in [0, 0.05) is 12.0 Å². The van der Waals surface area contributed by atoms with Gasteiger partial charge in [-0.1, -0.05) is 36.4 Å². The minimum atomic E-state index is -0.321. The predicted octanol–water partition coefficient (Wildman–Crippen LogP) is 2.54. The van der Waals surface area contributed by atoms with Crippen molar-refractivity contribution >= 4 is 22.3 Å². The van der Waals surface area contributed by atoms with Crippen molar-refractivity contribution < 1.29 is 9.59 Å². The van der Waals surface area contributed by atoms with Gasteiger partial charge in [0.05, 0.1) is 0 Å². The van der Waals surface area contributed by atoms with Gasteiger partial charge in [-0.15, -0.1) is 0 Å². The molecule has 0 aliphatic heterocycles. The molecule has 0 saturated heterocycles. The molecule has 1 aliphatic carbocycles. The van der Waals surface area contributed by atoms with Crippen molar-refractivity contribution in [3.63, 3.8) is 0 Å². The zero-order valence-corrected chi connectivity index (χ0v) is 8.69. The Bertz CT molecular complexity index is 611. The largest absolute Gasteiger partial charge is 0.290 e. The third-order valence-corrected chi connectivity index (χ3v) is 3.12. The van der Waals surface area contributed by atoms with E-state index in [1.807, 2.05) is 36.4 Å². The Kier molecular flexibility index (Phi) is 1.90. The minimum absolute atomic E-state index is 0.260. The van der Waals surface area contributed by atoms with Gasteiger partial charge in [-0.05, 0) is 22.8 Å². The lowest BCUT2D eigenvalue weighted by Crippen LogP contribution is -2.22. The molecule has 2 heteroatoms. The highest BCUT2D eigenvalue weighted by atomic mass is 16.2. The summed E-state index contributed by atoms with van der Waals surface area (Å²) in [6.07, 6.45) is 1.04. The van der Waals surface area contributed by atoms with E-state index < -0.39 is 0 Å². The summed E-state index contributed by atoms with van der Waals surface area (Å²) in [6, 6.07) is 11.7. The molecule has 0 fully saturated rings. The maximum absolute atomic E-state index is 11.9. The van der Waals surface area contributed by atoms with E-state index in [2.05, 4.69) is 0 Å². The van der Waals surface area contributed by atoms with E-state index in [9.17, 15) is 9.59 Å². The molecule has 0 amide bonds. The first-order valence-corrected chi connectivity index (χ1v) is 5.35. The summed E-state index contributed by atoms with van der Waals surface area (Å²) in [4.78, 5) is 23.3. The van der Waals surface area contributed by atoms with Crippen molar-refractivity contribution in [2.75, 3.05) is 0 Å². The third-order valence-electron chi connectivity index (χ3n) is 3.12. The third kappa shape index (κ3) is 1.20. The van der Waals surface area contributed by atoms with E-state index in [1.165, 1.54) is 0 Å². The molecule has 2 nitrogen and oxygen atoms in total. The van der Waals surface area contributed by atoms with Crippen LogP contribution in [-0.4, -0.2) is 11.6 Å². The van der Waals surface area contributed by atoms with Crippen LogP contribution in [0.5, 0.6) is 0 Å². The molecule has 0 heterocycles. The SMILES string of the molecule is O=C1CCc2ccc3ccccc3c2C1=O. The summed E-state index contributed by atoms with van der Waals surface area (Å²) in [6.45, 7) is 0. The lowest BCUT2D eigenvalue weighted by atomic mass is 9.86. The van der Waals surface area contributed by atoms with Crippen molar-refractivity contribution in [3.8, 4) is 0 Å². The molecule has 0 saturated carbocycles. The molecule has 0 spiro atoms. The molecule has 2 aromatic carbocycles. The molecule has 0 atom stereocenters. The van der Waals surface area contributed by atoms with Crippen molar-refractivity contribution in [1.82, 2.24) is 0 Å². The van der Waals surface area contributed by atoms with E-state index in [-0.39, 0.29) is 11.6 Å². The first kappa shape index (κ1) is 9.28.